The molecule has 1 aliphatic heterocycles. The van der Waals surface area contributed by atoms with E-state index in [0.29, 0.717) is 26.1 Å². The molecule has 0 aromatic heterocycles. The predicted octanol–water partition coefficient (Wildman–Crippen LogP) is 1.35. The molecule has 0 aliphatic carbocycles. The molecule has 1 saturated heterocycles. The molecule has 0 saturated carbocycles. The minimum absolute atomic E-state index is 0.231. The van der Waals surface area contributed by atoms with Gasteiger partial charge in [-0.3, -0.25) is 0 Å². The Bertz CT molecular complexity index is 419. The standard InChI is InChI=1S/C16H29NO7/c1-15(2,3)24-14(19)17-12(10-22-16(4,5)20)13(18)23-11-6-8-21-9-7-11/h11-12,20H,6-10H2,1-5H3,(H,17,19)/t12-/m0/s1. The van der Waals surface area contributed by atoms with E-state index in [-0.39, 0.29) is 12.7 Å². The Morgan fingerprint density at radius 3 is 2.29 bits per heavy atom. The number of nitrogens with one attached hydrogen (secondary N) is 1. The third-order valence-corrected chi connectivity index (χ3v) is 3.03. The average Bonchev–Trinajstić information content (AvgIpc) is 2.41. The van der Waals surface area contributed by atoms with Crippen LogP contribution in [0.5, 0.6) is 0 Å². The zero-order chi connectivity index (χ0) is 18.4. The molecule has 0 bridgehead atoms. The fraction of sp³-hybridized carbons (Fsp3) is 0.875. The molecule has 0 radical (unpaired) electrons. The second-order valence-electron chi connectivity index (χ2n) is 7.21. The lowest BCUT2D eigenvalue weighted by atomic mass is 10.1. The van der Waals surface area contributed by atoms with Crippen molar-refractivity contribution in [1.82, 2.24) is 5.32 Å². The van der Waals surface area contributed by atoms with Crippen LogP contribution in [0.2, 0.25) is 0 Å². The van der Waals surface area contributed by atoms with Crippen LogP contribution in [0.25, 0.3) is 0 Å². The number of hydrogen-bond donors (Lipinski definition) is 2. The molecule has 0 spiro atoms. The molecule has 0 aromatic rings. The highest BCUT2D eigenvalue weighted by Gasteiger charge is 2.30. The van der Waals surface area contributed by atoms with Crippen molar-refractivity contribution in [1.29, 1.82) is 0 Å². The highest BCUT2D eigenvalue weighted by molar-refractivity contribution is 5.81. The molecule has 8 nitrogen and oxygen atoms in total. The van der Waals surface area contributed by atoms with E-state index in [1.54, 1.807) is 20.8 Å². The van der Waals surface area contributed by atoms with Crippen LogP contribution >= 0.6 is 0 Å². The zero-order valence-corrected chi connectivity index (χ0v) is 15.1. The SMILES string of the molecule is CC(C)(C)OC(=O)N[C@@H](COC(C)(C)O)C(=O)OC1CCOCC1. The molecule has 1 amide bonds. The summed E-state index contributed by atoms with van der Waals surface area (Å²) in [6.45, 7) is 8.85. The van der Waals surface area contributed by atoms with Crippen LogP contribution in [0, 0.1) is 0 Å². The van der Waals surface area contributed by atoms with E-state index in [4.69, 9.17) is 18.9 Å². The van der Waals surface area contributed by atoms with E-state index >= 15 is 0 Å². The van der Waals surface area contributed by atoms with Gasteiger partial charge < -0.3 is 29.4 Å². The van der Waals surface area contributed by atoms with E-state index in [0.717, 1.165) is 0 Å². The van der Waals surface area contributed by atoms with E-state index in [9.17, 15) is 14.7 Å². The molecule has 1 heterocycles. The molecular formula is C16H29NO7. The minimum atomic E-state index is -1.44. The first kappa shape index (κ1) is 20.7. The molecule has 1 fully saturated rings. The van der Waals surface area contributed by atoms with Crippen molar-refractivity contribution < 1.29 is 33.6 Å². The number of alkyl carbamates (subject to hydrolysis) is 1. The monoisotopic (exact) mass is 347 g/mol. The molecular weight excluding hydrogens is 318 g/mol. The highest BCUT2D eigenvalue weighted by atomic mass is 16.6. The molecule has 0 unspecified atom stereocenters. The Labute approximate surface area is 142 Å². The zero-order valence-electron chi connectivity index (χ0n) is 15.1. The number of esters is 1. The van der Waals surface area contributed by atoms with Crippen molar-refractivity contribution in [2.24, 2.45) is 0 Å². The van der Waals surface area contributed by atoms with Gasteiger partial charge in [-0.2, -0.15) is 0 Å². The fourth-order valence-electron chi connectivity index (χ4n) is 1.95. The Morgan fingerprint density at radius 2 is 1.79 bits per heavy atom. The topological polar surface area (TPSA) is 103 Å². The Kier molecular flexibility index (Phi) is 7.44. The van der Waals surface area contributed by atoms with Gasteiger partial charge in [-0.1, -0.05) is 0 Å². The van der Waals surface area contributed by atoms with Crippen LogP contribution < -0.4 is 5.32 Å². The molecule has 1 atom stereocenters. The largest absolute Gasteiger partial charge is 0.461 e. The van der Waals surface area contributed by atoms with Crippen LogP contribution in [0.1, 0.15) is 47.5 Å². The summed E-state index contributed by atoms with van der Waals surface area (Å²) in [6.07, 6.45) is 0.209. The summed E-state index contributed by atoms with van der Waals surface area (Å²) in [5.41, 5.74) is -0.698. The van der Waals surface area contributed by atoms with Crippen molar-refractivity contribution in [2.45, 2.75) is 71.0 Å². The highest BCUT2D eigenvalue weighted by Crippen LogP contribution is 2.13. The number of carbonyl (C=O) groups excluding carboxylic acids is 2. The van der Waals surface area contributed by atoms with Crippen molar-refractivity contribution in [3.05, 3.63) is 0 Å². The predicted molar refractivity (Wildman–Crippen MR) is 85.3 cm³/mol. The van der Waals surface area contributed by atoms with Crippen LogP contribution in [0.3, 0.4) is 0 Å². The van der Waals surface area contributed by atoms with Gasteiger partial charge in [-0.25, -0.2) is 9.59 Å². The van der Waals surface area contributed by atoms with E-state index in [1.807, 2.05) is 0 Å². The number of amides is 1. The van der Waals surface area contributed by atoms with Gasteiger partial charge in [0.25, 0.3) is 0 Å². The first-order valence-electron chi connectivity index (χ1n) is 8.10. The first-order chi connectivity index (χ1) is 11.0. The molecule has 140 valence electrons. The second kappa shape index (κ2) is 8.64. The van der Waals surface area contributed by atoms with Gasteiger partial charge in [-0.15, -0.1) is 0 Å². The van der Waals surface area contributed by atoms with Gasteiger partial charge in [0.1, 0.15) is 11.7 Å². The van der Waals surface area contributed by atoms with E-state index < -0.39 is 29.5 Å². The van der Waals surface area contributed by atoms with Gasteiger partial charge >= 0.3 is 12.1 Å². The summed E-state index contributed by atoms with van der Waals surface area (Å²) in [7, 11) is 0. The third-order valence-electron chi connectivity index (χ3n) is 3.03. The molecule has 24 heavy (non-hydrogen) atoms. The van der Waals surface area contributed by atoms with Gasteiger partial charge in [0, 0.05) is 12.8 Å². The summed E-state index contributed by atoms with van der Waals surface area (Å²) in [4.78, 5) is 24.2. The molecule has 2 N–H and O–H groups in total. The molecule has 8 heteroatoms. The van der Waals surface area contributed by atoms with Gasteiger partial charge in [0.15, 0.2) is 11.8 Å². The number of carbonyl (C=O) groups is 2. The summed E-state index contributed by atoms with van der Waals surface area (Å²) in [6, 6.07) is -1.07. The smallest absolute Gasteiger partial charge is 0.408 e. The maximum absolute atomic E-state index is 12.3. The first-order valence-corrected chi connectivity index (χ1v) is 8.10. The second-order valence-corrected chi connectivity index (χ2v) is 7.21. The van der Waals surface area contributed by atoms with Crippen LogP contribution in [0.15, 0.2) is 0 Å². The lowest BCUT2D eigenvalue weighted by molar-refractivity contribution is -0.187. The summed E-state index contributed by atoms with van der Waals surface area (Å²) in [5, 5.41) is 12.1. The van der Waals surface area contributed by atoms with Crippen LogP contribution in [-0.4, -0.2) is 60.5 Å². The van der Waals surface area contributed by atoms with Crippen molar-refractivity contribution in [3.63, 3.8) is 0 Å². The van der Waals surface area contributed by atoms with Gasteiger partial charge in [0.05, 0.1) is 19.8 Å². The van der Waals surface area contributed by atoms with Crippen molar-refractivity contribution in [2.75, 3.05) is 19.8 Å². The maximum atomic E-state index is 12.3. The molecule has 1 aliphatic rings. The van der Waals surface area contributed by atoms with Crippen molar-refractivity contribution in [3.8, 4) is 0 Å². The Balaban J connectivity index is 2.64. The Morgan fingerprint density at radius 1 is 1.21 bits per heavy atom. The summed E-state index contributed by atoms with van der Waals surface area (Å²) in [5.74, 6) is -2.07. The number of aliphatic hydroxyl groups is 1. The summed E-state index contributed by atoms with van der Waals surface area (Å²) >= 11 is 0. The maximum Gasteiger partial charge on any atom is 0.408 e. The number of ether oxygens (including phenoxy) is 4. The fourth-order valence-corrected chi connectivity index (χ4v) is 1.95. The van der Waals surface area contributed by atoms with Crippen LogP contribution in [-0.2, 0) is 23.7 Å². The number of rotatable bonds is 6. The van der Waals surface area contributed by atoms with E-state index in [2.05, 4.69) is 5.32 Å². The minimum Gasteiger partial charge on any atom is -0.461 e. The van der Waals surface area contributed by atoms with Gasteiger partial charge in [-0.05, 0) is 34.6 Å². The quantitative estimate of drug-likeness (QED) is 0.552. The Hall–Kier alpha value is -1.38. The van der Waals surface area contributed by atoms with Crippen LogP contribution in [0.4, 0.5) is 4.79 Å². The molecule has 0 aromatic carbocycles. The van der Waals surface area contributed by atoms with Crippen molar-refractivity contribution >= 4 is 12.1 Å². The van der Waals surface area contributed by atoms with Gasteiger partial charge in [0.2, 0.25) is 0 Å². The lowest BCUT2D eigenvalue weighted by Crippen LogP contribution is -2.49. The normalized spacial score (nSPS) is 17.9. The molecule has 1 rings (SSSR count). The third kappa shape index (κ3) is 9.05. The van der Waals surface area contributed by atoms with E-state index in [1.165, 1.54) is 13.8 Å². The number of hydrogen-bond acceptors (Lipinski definition) is 7. The summed E-state index contributed by atoms with van der Waals surface area (Å²) < 4.78 is 21.0. The lowest BCUT2D eigenvalue weighted by Gasteiger charge is -2.27. The average molecular weight is 347 g/mol.